The summed E-state index contributed by atoms with van der Waals surface area (Å²) in [5, 5.41) is 3.27. The van der Waals surface area contributed by atoms with E-state index in [-0.39, 0.29) is 18.9 Å². The van der Waals surface area contributed by atoms with Gasteiger partial charge < -0.3 is 10.1 Å². The van der Waals surface area contributed by atoms with Crippen molar-refractivity contribution in [2.75, 3.05) is 13.2 Å². The minimum absolute atomic E-state index is 0.00347. The molecule has 1 aliphatic heterocycles. The van der Waals surface area contributed by atoms with E-state index in [1.807, 2.05) is 0 Å². The van der Waals surface area contributed by atoms with Gasteiger partial charge >= 0.3 is 0 Å². The average molecular weight is 205 g/mol. The molecule has 82 valence electrons. The SMILES string of the molecule is FC1(F)CCC[C@@H](N[C@@H]2CCOC2)C1. The van der Waals surface area contributed by atoms with Gasteiger partial charge in [0.15, 0.2) is 0 Å². The second-order valence-corrected chi connectivity index (χ2v) is 4.38. The van der Waals surface area contributed by atoms with Gasteiger partial charge in [0.25, 0.3) is 0 Å². The van der Waals surface area contributed by atoms with Crippen molar-refractivity contribution in [2.45, 2.75) is 50.1 Å². The topological polar surface area (TPSA) is 21.3 Å². The highest BCUT2D eigenvalue weighted by Gasteiger charge is 2.37. The zero-order valence-electron chi connectivity index (χ0n) is 8.27. The van der Waals surface area contributed by atoms with Crippen molar-refractivity contribution in [1.29, 1.82) is 0 Å². The number of halogens is 2. The molecule has 4 heteroatoms. The molecule has 0 unspecified atom stereocenters. The molecule has 2 rings (SSSR count). The van der Waals surface area contributed by atoms with Crippen molar-refractivity contribution in [2.24, 2.45) is 0 Å². The smallest absolute Gasteiger partial charge is 0.249 e. The maximum absolute atomic E-state index is 13.1. The van der Waals surface area contributed by atoms with Gasteiger partial charge in [-0.25, -0.2) is 8.78 Å². The van der Waals surface area contributed by atoms with Crippen LogP contribution >= 0.6 is 0 Å². The van der Waals surface area contributed by atoms with Crippen LogP contribution < -0.4 is 5.32 Å². The summed E-state index contributed by atoms with van der Waals surface area (Å²) in [4.78, 5) is 0. The molecule has 0 aromatic rings. The first kappa shape index (κ1) is 10.3. The molecule has 0 amide bonds. The van der Waals surface area contributed by atoms with Crippen molar-refractivity contribution >= 4 is 0 Å². The molecule has 1 saturated heterocycles. The van der Waals surface area contributed by atoms with Gasteiger partial charge in [0.1, 0.15) is 0 Å². The Bertz CT molecular complexity index is 193. The Morgan fingerprint density at radius 2 is 2.07 bits per heavy atom. The largest absolute Gasteiger partial charge is 0.380 e. The first-order valence-corrected chi connectivity index (χ1v) is 5.37. The second-order valence-electron chi connectivity index (χ2n) is 4.38. The minimum atomic E-state index is -2.45. The van der Waals surface area contributed by atoms with Crippen molar-refractivity contribution in [3.05, 3.63) is 0 Å². The number of hydrogen-bond acceptors (Lipinski definition) is 2. The van der Waals surface area contributed by atoms with Gasteiger partial charge in [0, 0.05) is 31.5 Å². The third-order valence-electron chi connectivity index (χ3n) is 3.04. The quantitative estimate of drug-likeness (QED) is 0.744. The monoisotopic (exact) mass is 205 g/mol. The summed E-state index contributed by atoms with van der Waals surface area (Å²) >= 11 is 0. The maximum Gasteiger partial charge on any atom is 0.249 e. The fraction of sp³-hybridized carbons (Fsp3) is 1.00. The summed E-state index contributed by atoms with van der Waals surface area (Å²) in [6, 6.07) is 0.291. The van der Waals surface area contributed by atoms with E-state index >= 15 is 0 Å². The highest BCUT2D eigenvalue weighted by atomic mass is 19.3. The molecule has 0 bridgehead atoms. The lowest BCUT2D eigenvalue weighted by Crippen LogP contribution is -2.44. The van der Waals surface area contributed by atoms with Gasteiger partial charge in [0.05, 0.1) is 6.61 Å². The highest BCUT2D eigenvalue weighted by Crippen LogP contribution is 2.33. The van der Waals surface area contributed by atoms with Crippen LogP contribution in [0.15, 0.2) is 0 Å². The number of rotatable bonds is 2. The van der Waals surface area contributed by atoms with Crippen molar-refractivity contribution in [3.63, 3.8) is 0 Å². The standard InChI is InChI=1S/C10H17F2NO/c11-10(12)4-1-2-8(6-10)13-9-3-5-14-7-9/h8-9,13H,1-7H2/t8-,9-/m1/s1. The van der Waals surface area contributed by atoms with Crippen LogP contribution in [0.2, 0.25) is 0 Å². The summed E-state index contributed by atoms with van der Waals surface area (Å²) in [6.45, 7) is 1.45. The van der Waals surface area contributed by atoms with Crippen LogP contribution in [0.1, 0.15) is 32.1 Å². The molecular formula is C10H17F2NO. The molecule has 1 saturated carbocycles. The van der Waals surface area contributed by atoms with E-state index in [1.165, 1.54) is 0 Å². The Morgan fingerprint density at radius 3 is 2.71 bits per heavy atom. The minimum Gasteiger partial charge on any atom is -0.380 e. The molecule has 2 nitrogen and oxygen atoms in total. The van der Waals surface area contributed by atoms with E-state index in [0.29, 0.717) is 19.1 Å². The average Bonchev–Trinajstić information content (AvgIpc) is 2.54. The first-order chi connectivity index (χ1) is 6.66. The highest BCUT2D eigenvalue weighted by molar-refractivity contribution is 4.85. The van der Waals surface area contributed by atoms with E-state index in [1.54, 1.807) is 0 Å². The van der Waals surface area contributed by atoms with Crippen molar-refractivity contribution < 1.29 is 13.5 Å². The lowest BCUT2D eigenvalue weighted by Gasteiger charge is -2.31. The Kier molecular flexibility index (Phi) is 3.02. The predicted octanol–water partition coefficient (Wildman–Crippen LogP) is 1.94. The van der Waals surface area contributed by atoms with E-state index < -0.39 is 5.92 Å². The fourth-order valence-corrected chi connectivity index (χ4v) is 2.31. The van der Waals surface area contributed by atoms with Crippen molar-refractivity contribution in [3.8, 4) is 0 Å². The van der Waals surface area contributed by atoms with E-state index in [0.717, 1.165) is 19.4 Å². The number of nitrogens with one attached hydrogen (secondary N) is 1. The Hall–Kier alpha value is -0.220. The zero-order valence-corrected chi connectivity index (χ0v) is 8.27. The number of alkyl halides is 2. The molecule has 0 aromatic heterocycles. The molecule has 1 aliphatic carbocycles. The van der Waals surface area contributed by atoms with Crippen LogP contribution in [0.3, 0.4) is 0 Å². The molecular weight excluding hydrogens is 188 g/mol. The molecule has 14 heavy (non-hydrogen) atoms. The molecule has 0 aromatic carbocycles. The zero-order chi connectivity index (χ0) is 10.0. The Morgan fingerprint density at radius 1 is 1.21 bits per heavy atom. The molecule has 2 fully saturated rings. The van der Waals surface area contributed by atoms with Gasteiger partial charge in [-0.2, -0.15) is 0 Å². The molecule has 2 atom stereocenters. The summed E-state index contributed by atoms with van der Waals surface area (Å²) in [5.41, 5.74) is 0. The third kappa shape index (κ3) is 2.64. The normalized spacial score (nSPS) is 37.3. The fourth-order valence-electron chi connectivity index (χ4n) is 2.31. The first-order valence-electron chi connectivity index (χ1n) is 5.37. The van der Waals surface area contributed by atoms with E-state index in [2.05, 4.69) is 5.32 Å². The summed E-state index contributed by atoms with van der Waals surface area (Å²) < 4.78 is 31.3. The lowest BCUT2D eigenvalue weighted by molar-refractivity contribution is -0.0453. The lowest BCUT2D eigenvalue weighted by atomic mass is 9.91. The van der Waals surface area contributed by atoms with Crippen molar-refractivity contribution in [1.82, 2.24) is 5.32 Å². The Labute approximate surface area is 83.0 Å². The number of ether oxygens (including phenoxy) is 1. The molecule has 0 radical (unpaired) electrons. The predicted molar refractivity (Wildman–Crippen MR) is 49.6 cm³/mol. The van der Waals surface area contributed by atoms with E-state index in [4.69, 9.17) is 4.74 Å². The van der Waals surface area contributed by atoms with Crippen LogP contribution in [0.25, 0.3) is 0 Å². The van der Waals surface area contributed by atoms with Gasteiger partial charge in [-0.3, -0.25) is 0 Å². The number of hydrogen-bond donors (Lipinski definition) is 1. The van der Waals surface area contributed by atoms with Gasteiger partial charge in [-0.15, -0.1) is 0 Å². The third-order valence-corrected chi connectivity index (χ3v) is 3.04. The summed E-state index contributed by atoms with van der Waals surface area (Å²) in [7, 11) is 0. The van der Waals surface area contributed by atoms with Crippen LogP contribution in [-0.2, 0) is 4.74 Å². The van der Waals surface area contributed by atoms with Gasteiger partial charge in [-0.05, 0) is 19.3 Å². The maximum atomic E-state index is 13.1. The molecule has 1 N–H and O–H groups in total. The van der Waals surface area contributed by atoms with Crippen LogP contribution in [0, 0.1) is 0 Å². The van der Waals surface area contributed by atoms with Crippen LogP contribution in [-0.4, -0.2) is 31.2 Å². The molecule has 1 heterocycles. The Balaban J connectivity index is 1.79. The van der Waals surface area contributed by atoms with Gasteiger partial charge in [-0.1, -0.05) is 0 Å². The summed E-state index contributed by atoms with van der Waals surface area (Å²) in [5.74, 6) is -2.45. The molecule has 2 aliphatic rings. The van der Waals surface area contributed by atoms with E-state index in [9.17, 15) is 8.78 Å². The second kappa shape index (κ2) is 4.11. The summed E-state index contributed by atoms with van der Waals surface area (Å²) in [6.07, 6.45) is 2.54. The molecule has 0 spiro atoms. The van der Waals surface area contributed by atoms with Gasteiger partial charge in [0.2, 0.25) is 5.92 Å². The van der Waals surface area contributed by atoms with Crippen LogP contribution in [0.5, 0.6) is 0 Å². The van der Waals surface area contributed by atoms with Crippen LogP contribution in [0.4, 0.5) is 8.78 Å².